The Balaban J connectivity index is 2.82. The van der Waals surface area contributed by atoms with Crippen molar-refractivity contribution in [3.05, 3.63) is 11.3 Å². The van der Waals surface area contributed by atoms with Crippen molar-refractivity contribution in [2.45, 2.75) is 50.7 Å². The van der Waals surface area contributed by atoms with Gasteiger partial charge in [-0.05, 0) is 20.8 Å². The van der Waals surface area contributed by atoms with Crippen molar-refractivity contribution >= 4 is 0 Å². The molecular weight excluding hydrogens is 318 g/mol. The molecule has 0 radical (unpaired) electrons. The maximum absolute atomic E-state index is 13.5. The number of allylic oxidation sites excluding steroid dienone is 2. The maximum Gasteiger partial charge on any atom is 0.383 e. The van der Waals surface area contributed by atoms with E-state index >= 15 is 0 Å². The third-order valence-corrected chi connectivity index (χ3v) is 3.22. The lowest BCUT2D eigenvalue weighted by molar-refractivity contribution is -0.273. The van der Waals surface area contributed by atoms with E-state index in [-0.39, 0.29) is 13.2 Å². The van der Waals surface area contributed by atoms with Gasteiger partial charge in [-0.2, -0.15) is 26.3 Å². The molecular formula is C13H18F6O3. The SMILES string of the molecule is COCC(C)OCC(C)OC1=C(C)C(F)(F)C(F)(F)C1(F)F. The molecule has 0 aromatic heterocycles. The predicted octanol–water partition coefficient (Wildman–Crippen LogP) is 3.64. The van der Waals surface area contributed by atoms with Gasteiger partial charge in [0.1, 0.15) is 6.10 Å². The number of ether oxygens (including phenoxy) is 3. The van der Waals surface area contributed by atoms with Crippen molar-refractivity contribution in [3.8, 4) is 0 Å². The van der Waals surface area contributed by atoms with Crippen LogP contribution in [-0.4, -0.2) is 50.3 Å². The van der Waals surface area contributed by atoms with Crippen molar-refractivity contribution in [1.29, 1.82) is 0 Å². The molecule has 0 aromatic rings. The van der Waals surface area contributed by atoms with Gasteiger partial charge in [0.2, 0.25) is 0 Å². The average Bonchev–Trinajstić information content (AvgIpc) is 2.48. The lowest BCUT2D eigenvalue weighted by atomic mass is 10.1. The minimum Gasteiger partial charge on any atom is -0.486 e. The van der Waals surface area contributed by atoms with Crippen molar-refractivity contribution in [2.24, 2.45) is 0 Å². The van der Waals surface area contributed by atoms with Gasteiger partial charge in [-0.15, -0.1) is 0 Å². The zero-order valence-corrected chi connectivity index (χ0v) is 12.6. The summed E-state index contributed by atoms with van der Waals surface area (Å²) in [5.74, 6) is -17.3. The molecule has 0 fully saturated rings. The van der Waals surface area contributed by atoms with Crippen LogP contribution in [0.25, 0.3) is 0 Å². The molecule has 0 saturated heterocycles. The largest absolute Gasteiger partial charge is 0.486 e. The highest BCUT2D eigenvalue weighted by molar-refractivity contribution is 5.36. The van der Waals surface area contributed by atoms with Gasteiger partial charge in [0, 0.05) is 12.7 Å². The quantitative estimate of drug-likeness (QED) is 0.665. The number of alkyl halides is 6. The molecule has 3 nitrogen and oxygen atoms in total. The molecule has 22 heavy (non-hydrogen) atoms. The van der Waals surface area contributed by atoms with E-state index < -0.39 is 41.3 Å². The van der Waals surface area contributed by atoms with Crippen molar-refractivity contribution < 1.29 is 40.6 Å². The summed E-state index contributed by atoms with van der Waals surface area (Å²) in [5, 5.41) is 0. The lowest BCUT2D eigenvalue weighted by Crippen LogP contribution is -2.49. The highest BCUT2D eigenvalue weighted by atomic mass is 19.3. The summed E-state index contributed by atoms with van der Waals surface area (Å²) >= 11 is 0. The minimum absolute atomic E-state index is 0.223. The summed E-state index contributed by atoms with van der Waals surface area (Å²) in [6.45, 7) is 3.37. The molecule has 130 valence electrons. The van der Waals surface area contributed by atoms with Gasteiger partial charge >= 0.3 is 17.8 Å². The molecule has 2 unspecified atom stereocenters. The summed E-state index contributed by atoms with van der Waals surface area (Å²) in [4.78, 5) is 0. The minimum atomic E-state index is -5.52. The molecule has 2 atom stereocenters. The molecule has 0 heterocycles. The van der Waals surface area contributed by atoms with Crippen LogP contribution in [0.15, 0.2) is 11.3 Å². The van der Waals surface area contributed by atoms with Crippen LogP contribution in [0.1, 0.15) is 20.8 Å². The Kier molecular flexibility index (Phi) is 5.44. The highest BCUT2D eigenvalue weighted by Crippen LogP contribution is 2.59. The van der Waals surface area contributed by atoms with Crippen LogP contribution in [0.3, 0.4) is 0 Å². The van der Waals surface area contributed by atoms with Crippen LogP contribution in [0, 0.1) is 0 Å². The molecule has 1 rings (SSSR count). The summed E-state index contributed by atoms with van der Waals surface area (Å²) in [5.41, 5.74) is -1.47. The summed E-state index contributed by atoms with van der Waals surface area (Å²) < 4.78 is 94.7. The van der Waals surface area contributed by atoms with E-state index in [0.717, 1.165) is 0 Å². The fraction of sp³-hybridized carbons (Fsp3) is 0.846. The second-order valence-corrected chi connectivity index (χ2v) is 5.21. The number of rotatable bonds is 7. The molecule has 0 bridgehead atoms. The second kappa shape index (κ2) is 6.27. The number of hydrogen-bond acceptors (Lipinski definition) is 3. The number of hydrogen-bond donors (Lipinski definition) is 0. The van der Waals surface area contributed by atoms with Crippen LogP contribution >= 0.6 is 0 Å². The monoisotopic (exact) mass is 336 g/mol. The Morgan fingerprint density at radius 1 is 0.909 bits per heavy atom. The van der Waals surface area contributed by atoms with Crippen molar-refractivity contribution in [2.75, 3.05) is 20.3 Å². The van der Waals surface area contributed by atoms with E-state index in [0.29, 0.717) is 6.92 Å². The molecule has 1 aliphatic rings. The molecule has 0 saturated carbocycles. The molecule has 0 aliphatic heterocycles. The van der Waals surface area contributed by atoms with Gasteiger partial charge in [-0.1, -0.05) is 0 Å². The molecule has 0 amide bonds. The lowest BCUT2D eigenvalue weighted by Gasteiger charge is -2.26. The Morgan fingerprint density at radius 2 is 1.45 bits per heavy atom. The smallest absolute Gasteiger partial charge is 0.383 e. The number of halogens is 6. The molecule has 0 spiro atoms. The van der Waals surface area contributed by atoms with Gasteiger partial charge in [0.25, 0.3) is 0 Å². The molecule has 0 N–H and O–H groups in total. The van der Waals surface area contributed by atoms with E-state index in [1.54, 1.807) is 6.92 Å². The Labute approximate surface area is 124 Å². The van der Waals surface area contributed by atoms with Gasteiger partial charge in [-0.3, -0.25) is 0 Å². The van der Waals surface area contributed by atoms with Gasteiger partial charge in [-0.25, -0.2) is 0 Å². The van der Waals surface area contributed by atoms with E-state index in [9.17, 15) is 26.3 Å². The summed E-state index contributed by atoms with van der Waals surface area (Å²) in [7, 11) is 1.43. The zero-order valence-electron chi connectivity index (χ0n) is 12.6. The Hall–Kier alpha value is -0.960. The fourth-order valence-corrected chi connectivity index (χ4v) is 1.93. The van der Waals surface area contributed by atoms with Crippen molar-refractivity contribution in [1.82, 2.24) is 0 Å². The van der Waals surface area contributed by atoms with Crippen LogP contribution in [-0.2, 0) is 14.2 Å². The molecule has 9 heteroatoms. The fourth-order valence-electron chi connectivity index (χ4n) is 1.93. The van der Waals surface area contributed by atoms with Gasteiger partial charge in [0.05, 0.1) is 19.3 Å². The van der Waals surface area contributed by atoms with E-state index in [1.165, 1.54) is 14.0 Å². The number of methoxy groups -OCH3 is 1. The second-order valence-electron chi connectivity index (χ2n) is 5.21. The summed E-state index contributed by atoms with van der Waals surface area (Å²) in [6, 6.07) is 0. The van der Waals surface area contributed by atoms with Gasteiger partial charge < -0.3 is 14.2 Å². The van der Waals surface area contributed by atoms with E-state index in [2.05, 4.69) is 4.74 Å². The third kappa shape index (κ3) is 3.05. The van der Waals surface area contributed by atoms with Crippen molar-refractivity contribution in [3.63, 3.8) is 0 Å². The maximum atomic E-state index is 13.5. The standard InChI is InChI=1S/C13H18F6O3/c1-7(5-20-4)21-6-8(2)22-10-9(3)11(14,15)13(18,19)12(10,16)17/h7-8H,5-6H2,1-4H3. The zero-order chi connectivity index (χ0) is 17.3. The molecule has 0 aromatic carbocycles. The molecule has 1 aliphatic carbocycles. The van der Waals surface area contributed by atoms with Crippen LogP contribution in [0.2, 0.25) is 0 Å². The Morgan fingerprint density at radius 3 is 1.86 bits per heavy atom. The van der Waals surface area contributed by atoms with E-state index in [4.69, 9.17) is 9.47 Å². The Bertz CT molecular complexity index is 435. The van der Waals surface area contributed by atoms with Crippen LogP contribution in [0.4, 0.5) is 26.3 Å². The predicted molar refractivity (Wildman–Crippen MR) is 65.4 cm³/mol. The average molecular weight is 336 g/mol. The van der Waals surface area contributed by atoms with Gasteiger partial charge in [0.15, 0.2) is 5.76 Å². The first-order valence-corrected chi connectivity index (χ1v) is 6.52. The first kappa shape index (κ1) is 19.1. The highest BCUT2D eigenvalue weighted by Gasteiger charge is 2.80. The first-order valence-electron chi connectivity index (χ1n) is 6.52. The van der Waals surface area contributed by atoms with Crippen LogP contribution in [0.5, 0.6) is 0 Å². The first-order chi connectivity index (χ1) is 9.89. The van der Waals surface area contributed by atoms with E-state index in [1.807, 2.05) is 0 Å². The van der Waals surface area contributed by atoms with Crippen LogP contribution < -0.4 is 0 Å². The third-order valence-electron chi connectivity index (χ3n) is 3.22. The normalized spacial score (nSPS) is 25.2. The summed E-state index contributed by atoms with van der Waals surface area (Å²) in [6.07, 6.45) is -1.50. The topological polar surface area (TPSA) is 27.7 Å².